The molecule has 3 rings (SSSR count). The van der Waals surface area contributed by atoms with Gasteiger partial charge in [0.15, 0.2) is 0 Å². The highest BCUT2D eigenvalue weighted by Crippen LogP contribution is 2.25. The summed E-state index contributed by atoms with van der Waals surface area (Å²) < 4.78 is 29.5. The standard InChI is InChI=1S/C12H10BrN3O2S2/c13-11-4-5-12(19-11)20(17,18)14-8-9-7-10-3-1-2-6-16(10)15-9/h1-7,14H,8H2. The van der Waals surface area contributed by atoms with Crippen LogP contribution in [0.5, 0.6) is 0 Å². The molecule has 3 aromatic heterocycles. The molecule has 0 radical (unpaired) electrons. The Morgan fingerprint density at radius 3 is 2.85 bits per heavy atom. The molecule has 3 heterocycles. The van der Waals surface area contributed by atoms with Crippen LogP contribution in [-0.2, 0) is 16.6 Å². The fourth-order valence-electron chi connectivity index (χ4n) is 1.76. The normalized spacial score (nSPS) is 12.1. The fourth-order valence-corrected chi connectivity index (χ4v) is 4.81. The Morgan fingerprint density at radius 1 is 1.30 bits per heavy atom. The summed E-state index contributed by atoms with van der Waals surface area (Å²) in [6.07, 6.45) is 1.82. The zero-order chi connectivity index (χ0) is 14.2. The van der Waals surface area contributed by atoms with Gasteiger partial charge in [-0.25, -0.2) is 17.7 Å². The van der Waals surface area contributed by atoms with E-state index < -0.39 is 10.0 Å². The van der Waals surface area contributed by atoms with Gasteiger partial charge in [0, 0.05) is 6.20 Å². The minimum absolute atomic E-state index is 0.166. The van der Waals surface area contributed by atoms with E-state index in [1.54, 1.807) is 16.6 Å². The number of halogens is 1. The van der Waals surface area contributed by atoms with Crippen molar-refractivity contribution in [3.05, 3.63) is 52.1 Å². The molecule has 0 spiro atoms. The Labute approximate surface area is 128 Å². The molecule has 8 heteroatoms. The predicted octanol–water partition coefficient (Wildman–Crippen LogP) is 2.64. The van der Waals surface area contributed by atoms with Crippen molar-refractivity contribution < 1.29 is 8.42 Å². The molecule has 104 valence electrons. The Morgan fingerprint density at radius 2 is 2.15 bits per heavy atom. The summed E-state index contributed by atoms with van der Waals surface area (Å²) in [5, 5.41) is 4.30. The van der Waals surface area contributed by atoms with E-state index in [0.717, 1.165) is 9.30 Å². The highest BCUT2D eigenvalue weighted by molar-refractivity contribution is 9.11. The number of fused-ring (bicyclic) bond motifs is 1. The smallest absolute Gasteiger partial charge is 0.241 e. The van der Waals surface area contributed by atoms with Crippen molar-refractivity contribution in [1.82, 2.24) is 14.3 Å². The van der Waals surface area contributed by atoms with Crippen molar-refractivity contribution in [3.63, 3.8) is 0 Å². The van der Waals surface area contributed by atoms with E-state index >= 15 is 0 Å². The monoisotopic (exact) mass is 371 g/mol. The molecule has 0 saturated carbocycles. The molecule has 20 heavy (non-hydrogen) atoms. The second-order valence-corrected chi connectivity index (χ2v) is 8.55. The maximum Gasteiger partial charge on any atom is 0.250 e. The first-order valence-corrected chi connectivity index (χ1v) is 8.82. The van der Waals surface area contributed by atoms with E-state index in [1.807, 2.05) is 30.5 Å². The quantitative estimate of drug-likeness (QED) is 0.766. The number of sulfonamides is 1. The molecule has 0 amide bonds. The lowest BCUT2D eigenvalue weighted by atomic mass is 10.3. The van der Waals surface area contributed by atoms with E-state index in [-0.39, 0.29) is 10.8 Å². The van der Waals surface area contributed by atoms with Crippen molar-refractivity contribution >= 4 is 42.8 Å². The summed E-state index contributed by atoms with van der Waals surface area (Å²) in [5.41, 5.74) is 1.61. The predicted molar refractivity (Wildman–Crippen MR) is 81.2 cm³/mol. The third-order valence-electron chi connectivity index (χ3n) is 2.68. The number of hydrogen-bond donors (Lipinski definition) is 1. The molecular weight excluding hydrogens is 362 g/mol. The summed E-state index contributed by atoms with van der Waals surface area (Å²) in [7, 11) is -3.49. The van der Waals surface area contributed by atoms with Crippen LogP contribution in [0.2, 0.25) is 0 Å². The van der Waals surface area contributed by atoms with Crippen LogP contribution < -0.4 is 4.72 Å². The van der Waals surface area contributed by atoms with Gasteiger partial charge in [0.1, 0.15) is 4.21 Å². The Bertz CT molecular complexity index is 821. The van der Waals surface area contributed by atoms with E-state index in [4.69, 9.17) is 0 Å². The van der Waals surface area contributed by atoms with Gasteiger partial charge in [-0.15, -0.1) is 11.3 Å². The van der Waals surface area contributed by atoms with Crippen molar-refractivity contribution in [1.29, 1.82) is 0 Å². The Hall–Kier alpha value is -1.22. The van der Waals surface area contributed by atoms with Crippen LogP contribution in [0.1, 0.15) is 5.69 Å². The number of thiophene rings is 1. The van der Waals surface area contributed by atoms with Gasteiger partial charge in [-0.2, -0.15) is 5.10 Å². The molecule has 0 atom stereocenters. The third kappa shape index (κ3) is 2.78. The summed E-state index contributed by atoms with van der Waals surface area (Å²) in [6.45, 7) is 0.166. The first kappa shape index (κ1) is 13.7. The molecule has 0 unspecified atom stereocenters. The maximum atomic E-state index is 12.1. The van der Waals surface area contributed by atoms with Gasteiger partial charge >= 0.3 is 0 Å². The molecule has 3 aromatic rings. The average Bonchev–Trinajstić information content (AvgIpc) is 3.02. The molecular formula is C12H10BrN3O2S2. The lowest BCUT2D eigenvalue weighted by Crippen LogP contribution is -2.22. The lowest BCUT2D eigenvalue weighted by Gasteiger charge is -2.01. The van der Waals surface area contributed by atoms with Crippen molar-refractivity contribution in [2.24, 2.45) is 0 Å². The molecule has 0 aliphatic carbocycles. The van der Waals surface area contributed by atoms with Crippen LogP contribution in [-0.4, -0.2) is 18.0 Å². The van der Waals surface area contributed by atoms with Crippen LogP contribution in [0.15, 0.2) is 50.6 Å². The highest BCUT2D eigenvalue weighted by Gasteiger charge is 2.16. The zero-order valence-electron chi connectivity index (χ0n) is 10.2. The minimum atomic E-state index is -3.49. The van der Waals surface area contributed by atoms with Gasteiger partial charge < -0.3 is 0 Å². The minimum Gasteiger partial charge on any atom is -0.241 e. The van der Waals surface area contributed by atoms with Crippen LogP contribution in [0, 0.1) is 0 Å². The van der Waals surface area contributed by atoms with E-state index in [9.17, 15) is 8.42 Å². The molecule has 0 fully saturated rings. The van der Waals surface area contributed by atoms with Crippen molar-refractivity contribution in [2.45, 2.75) is 10.8 Å². The average molecular weight is 372 g/mol. The number of pyridine rings is 1. The van der Waals surface area contributed by atoms with Gasteiger partial charge in [0.25, 0.3) is 0 Å². The SMILES string of the molecule is O=S(=O)(NCc1cc2ccccn2n1)c1ccc(Br)s1. The zero-order valence-corrected chi connectivity index (χ0v) is 13.4. The van der Waals surface area contributed by atoms with Gasteiger partial charge in [0.05, 0.1) is 21.5 Å². The van der Waals surface area contributed by atoms with Gasteiger partial charge in [0.2, 0.25) is 10.0 Å². The number of rotatable bonds is 4. The van der Waals surface area contributed by atoms with Crippen molar-refractivity contribution in [2.75, 3.05) is 0 Å². The molecule has 0 aromatic carbocycles. The summed E-state index contributed by atoms with van der Waals surface area (Å²) in [6, 6.07) is 10.8. The Balaban J connectivity index is 1.79. The number of nitrogens with one attached hydrogen (secondary N) is 1. The van der Waals surface area contributed by atoms with Crippen molar-refractivity contribution in [3.8, 4) is 0 Å². The van der Waals surface area contributed by atoms with Crippen LogP contribution in [0.3, 0.4) is 0 Å². The molecule has 0 saturated heterocycles. The largest absolute Gasteiger partial charge is 0.250 e. The van der Waals surface area contributed by atoms with Crippen LogP contribution >= 0.6 is 27.3 Å². The lowest BCUT2D eigenvalue weighted by molar-refractivity contribution is 0.582. The summed E-state index contributed by atoms with van der Waals surface area (Å²) in [5.74, 6) is 0. The number of hydrogen-bond acceptors (Lipinski definition) is 4. The van der Waals surface area contributed by atoms with Crippen LogP contribution in [0.25, 0.3) is 5.52 Å². The van der Waals surface area contributed by atoms with Gasteiger partial charge in [-0.3, -0.25) is 0 Å². The molecule has 0 aliphatic rings. The van der Waals surface area contributed by atoms with E-state index in [1.165, 1.54) is 11.3 Å². The van der Waals surface area contributed by atoms with Gasteiger partial charge in [-0.05, 0) is 46.3 Å². The molecule has 5 nitrogen and oxygen atoms in total. The fraction of sp³-hybridized carbons (Fsp3) is 0.0833. The number of nitrogens with zero attached hydrogens (tertiary/aromatic N) is 2. The Kier molecular flexibility index (Phi) is 3.63. The van der Waals surface area contributed by atoms with Crippen LogP contribution in [0.4, 0.5) is 0 Å². The van der Waals surface area contributed by atoms with E-state index in [0.29, 0.717) is 5.69 Å². The molecule has 0 aliphatic heterocycles. The summed E-state index contributed by atoms with van der Waals surface area (Å²) in [4.78, 5) is 0. The second kappa shape index (κ2) is 5.28. The van der Waals surface area contributed by atoms with E-state index in [2.05, 4.69) is 25.8 Å². The van der Waals surface area contributed by atoms with Gasteiger partial charge in [-0.1, -0.05) is 6.07 Å². The highest BCUT2D eigenvalue weighted by atomic mass is 79.9. The second-order valence-electron chi connectivity index (χ2n) is 4.09. The number of aromatic nitrogens is 2. The topological polar surface area (TPSA) is 63.5 Å². The molecule has 1 N–H and O–H groups in total. The maximum absolute atomic E-state index is 12.1. The first-order chi connectivity index (χ1) is 9.54. The first-order valence-electron chi connectivity index (χ1n) is 5.73. The third-order valence-corrected chi connectivity index (χ3v) is 6.19. The molecule has 0 bridgehead atoms. The summed E-state index contributed by atoms with van der Waals surface area (Å²) >= 11 is 4.43.